The van der Waals surface area contributed by atoms with Crippen molar-refractivity contribution >= 4 is 0 Å². The van der Waals surface area contributed by atoms with Crippen LogP contribution in [0.25, 0.3) is 0 Å². The van der Waals surface area contributed by atoms with Crippen LogP contribution in [0.1, 0.15) is 58.8 Å². The molecular formula is C17H34N2O. The number of likely N-dealkylation sites (tertiary alicyclic amines) is 1. The van der Waals surface area contributed by atoms with Crippen molar-refractivity contribution in [3.63, 3.8) is 0 Å². The van der Waals surface area contributed by atoms with Gasteiger partial charge in [0, 0.05) is 32.3 Å². The zero-order chi connectivity index (χ0) is 14.4. The smallest absolute Gasteiger partial charge is 0.0595 e. The van der Waals surface area contributed by atoms with Crippen LogP contribution in [-0.2, 0) is 4.74 Å². The Bertz CT molecular complexity index is 264. The lowest BCUT2D eigenvalue weighted by atomic mass is 9.79. The molecule has 3 heteroatoms. The maximum absolute atomic E-state index is 5.52. The highest BCUT2D eigenvalue weighted by molar-refractivity contribution is 4.92. The topological polar surface area (TPSA) is 24.5 Å². The molecule has 1 aliphatic carbocycles. The van der Waals surface area contributed by atoms with Gasteiger partial charge in [-0.25, -0.2) is 0 Å². The van der Waals surface area contributed by atoms with Gasteiger partial charge in [-0.3, -0.25) is 4.90 Å². The van der Waals surface area contributed by atoms with E-state index in [1.165, 1.54) is 64.6 Å². The van der Waals surface area contributed by atoms with Gasteiger partial charge in [0.05, 0.1) is 6.10 Å². The number of methoxy groups -OCH3 is 1. The van der Waals surface area contributed by atoms with Gasteiger partial charge in [0.2, 0.25) is 0 Å². The Morgan fingerprint density at radius 1 is 1.10 bits per heavy atom. The number of rotatable bonds is 6. The predicted molar refractivity (Wildman–Crippen MR) is 85.1 cm³/mol. The van der Waals surface area contributed by atoms with Crippen molar-refractivity contribution in [2.24, 2.45) is 5.92 Å². The molecule has 3 nitrogen and oxygen atoms in total. The molecule has 0 spiro atoms. The summed E-state index contributed by atoms with van der Waals surface area (Å²) in [5.41, 5.74) is 0. The second kappa shape index (κ2) is 8.35. The van der Waals surface area contributed by atoms with E-state index >= 15 is 0 Å². The quantitative estimate of drug-likeness (QED) is 0.810. The molecular weight excluding hydrogens is 248 g/mol. The van der Waals surface area contributed by atoms with E-state index in [9.17, 15) is 0 Å². The van der Waals surface area contributed by atoms with Crippen LogP contribution in [0.2, 0.25) is 0 Å². The number of ether oxygens (including phenoxy) is 1. The first-order chi connectivity index (χ1) is 9.78. The van der Waals surface area contributed by atoms with Crippen LogP contribution in [0.3, 0.4) is 0 Å². The highest BCUT2D eigenvalue weighted by Gasteiger charge is 2.35. The third-order valence-electron chi connectivity index (χ3n) is 5.44. The molecule has 0 amide bonds. The summed E-state index contributed by atoms with van der Waals surface area (Å²) in [5.74, 6) is 0.944. The molecule has 1 heterocycles. The molecule has 3 unspecified atom stereocenters. The maximum Gasteiger partial charge on any atom is 0.0595 e. The number of nitrogens with zero attached hydrogens (tertiary/aromatic N) is 1. The normalized spacial score (nSPS) is 33.5. The molecule has 0 radical (unpaired) electrons. The minimum atomic E-state index is 0.499. The van der Waals surface area contributed by atoms with Gasteiger partial charge >= 0.3 is 0 Å². The lowest BCUT2D eigenvalue weighted by Gasteiger charge is -2.45. The van der Waals surface area contributed by atoms with E-state index in [1.54, 1.807) is 0 Å². The molecule has 1 aliphatic heterocycles. The van der Waals surface area contributed by atoms with Crippen LogP contribution in [0, 0.1) is 5.92 Å². The Hall–Kier alpha value is -0.120. The van der Waals surface area contributed by atoms with Crippen LogP contribution in [0.4, 0.5) is 0 Å². The van der Waals surface area contributed by atoms with E-state index in [-0.39, 0.29) is 0 Å². The summed E-state index contributed by atoms with van der Waals surface area (Å²) >= 11 is 0. The van der Waals surface area contributed by atoms with Gasteiger partial charge in [-0.05, 0) is 51.0 Å². The highest BCUT2D eigenvalue weighted by Crippen LogP contribution is 2.31. The Labute approximate surface area is 125 Å². The first kappa shape index (κ1) is 16.3. The molecule has 2 fully saturated rings. The van der Waals surface area contributed by atoms with E-state index in [1.807, 2.05) is 7.11 Å². The summed E-state index contributed by atoms with van der Waals surface area (Å²) in [7, 11) is 1.86. The predicted octanol–water partition coefficient (Wildman–Crippen LogP) is 3.04. The van der Waals surface area contributed by atoms with E-state index in [0.717, 1.165) is 18.0 Å². The molecule has 0 aromatic rings. The van der Waals surface area contributed by atoms with Crippen molar-refractivity contribution in [2.75, 3.05) is 26.7 Å². The van der Waals surface area contributed by atoms with E-state index in [0.29, 0.717) is 6.10 Å². The third-order valence-corrected chi connectivity index (χ3v) is 5.44. The molecule has 118 valence electrons. The summed E-state index contributed by atoms with van der Waals surface area (Å²) in [6.07, 6.45) is 9.71. The summed E-state index contributed by atoms with van der Waals surface area (Å²) in [6.45, 7) is 8.25. The van der Waals surface area contributed by atoms with Crippen molar-refractivity contribution < 1.29 is 4.74 Å². The summed E-state index contributed by atoms with van der Waals surface area (Å²) in [4.78, 5) is 2.75. The van der Waals surface area contributed by atoms with Crippen LogP contribution >= 0.6 is 0 Å². The molecule has 3 atom stereocenters. The van der Waals surface area contributed by atoms with Gasteiger partial charge in [0.25, 0.3) is 0 Å². The molecule has 2 rings (SSSR count). The SMILES string of the molecule is CCCNC1CCC(CC)CC1N1CCC(OC)CC1. The molecule has 1 saturated heterocycles. The lowest BCUT2D eigenvalue weighted by molar-refractivity contribution is 0.00751. The van der Waals surface area contributed by atoms with Crippen molar-refractivity contribution in [1.82, 2.24) is 10.2 Å². The average Bonchev–Trinajstić information content (AvgIpc) is 2.53. The highest BCUT2D eigenvalue weighted by atomic mass is 16.5. The zero-order valence-corrected chi connectivity index (χ0v) is 13.7. The fraction of sp³-hybridized carbons (Fsp3) is 1.00. The molecule has 20 heavy (non-hydrogen) atoms. The standard InChI is InChI=1S/C17H34N2O/c1-4-10-18-16-7-6-14(5-2)13-17(16)19-11-8-15(20-3)9-12-19/h14-18H,4-13H2,1-3H3. The molecule has 0 bridgehead atoms. The van der Waals surface area contributed by atoms with Gasteiger partial charge < -0.3 is 10.1 Å². The maximum atomic E-state index is 5.52. The van der Waals surface area contributed by atoms with Gasteiger partial charge in [0.1, 0.15) is 0 Å². The van der Waals surface area contributed by atoms with E-state index in [4.69, 9.17) is 4.74 Å². The van der Waals surface area contributed by atoms with Gasteiger partial charge in [-0.15, -0.1) is 0 Å². The minimum absolute atomic E-state index is 0.499. The molecule has 1 N–H and O–H groups in total. The first-order valence-electron chi connectivity index (χ1n) is 8.78. The lowest BCUT2D eigenvalue weighted by Crippen LogP contribution is -2.55. The number of hydrogen-bond acceptors (Lipinski definition) is 3. The molecule has 0 aromatic carbocycles. The summed E-state index contributed by atoms with van der Waals surface area (Å²) < 4.78 is 5.52. The summed E-state index contributed by atoms with van der Waals surface area (Å²) in [6, 6.07) is 1.48. The Kier molecular flexibility index (Phi) is 6.79. The number of hydrogen-bond donors (Lipinski definition) is 1. The first-order valence-corrected chi connectivity index (χ1v) is 8.78. The van der Waals surface area contributed by atoms with Gasteiger partial charge in [-0.2, -0.15) is 0 Å². The van der Waals surface area contributed by atoms with Crippen molar-refractivity contribution in [3.05, 3.63) is 0 Å². The molecule has 0 aromatic heterocycles. The molecule has 1 saturated carbocycles. The fourth-order valence-corrected chi connectivity index (χ4v) is 4.02. The Balaban J connectivity index is 1.92. The zero-order valence-electron chi connectivity index (χ0n) is 13.7. The fourth-order valence-electron chi connectivity index (χ4n) is 4.02. The minimum Gasteiger partial charge on any atom is -0.381 e. The Morgan fingerprint density at radius 3 is 2.45 bits per heavy atom. The van der Waals surface area contributed by atoms with Crippen molar-refractivity contribution in [2.45, 2.75) is 77.0 Å². The third kappa shape index (κ3) is 4.19. The monoisotopic (exact) mass is 282 g/mol. The van der Waals surface area contributed by atoms with E-state index < -0.39 is 0 Å². The number of nitrogens with one attached hydrogen (secondary N) is 1. The van der Waals surface area contributed by atoms with Gasteiger partial charge in [-0.1, -0.05) is 20.3 Å². The van der Waals surface area contributed by atoms with Gasteiger partial charge in [0.15, 0.2) is 0 Å². The van der Waals surface area contributed by atoms with Crippen LogP contribution in [0.5, 0.6) is 0 Å². The molecule has 2 aliphatic rings. The van der Waals surface area contributed by atoms with Crippen molar-refractivity contribution in [1.29, 1.82) is 0 Å². The van der Waals surface area contributed by atoms with Crippen LogP contribution < -0.4 is 5.32 Å². The Morgan fingerprint density at radius 2 is 1.85 bits per heavy atom. The second-order valence-corrected chi connectivity index (χ2v) is 6.69. The van der Waals surface area contributed by atoms with Crippen molar-refractivity contribution in [3.8, 4) is 0 Å². The average molecular weight is 282 g/mol. The number of piperidine rings is 1. The summed E-state index contributed by atoms with van der Waals surface area (Å²) in [5, 5.41) is 3.82. The second-order valence-electron chi connectivity index (χ2n) is 6.69. The largest absolute Gasteiger partial charge is 0.381 e. The van der Waals surface area contributed by atoms with E-state index in [2.05, 4.69) is 24.1 Å². The van der Waals surface area contributed by atoms with Crippen LogP contribution in [-0.4, -0.2) is 49.8 Å². The van der Waals surface area contributed by atoms with Crippen LogP contribution in [0.15, 0.2) is 0 Å².